The molecule has 0 radical (unpaired) electrons. The second-order valence-corrected chi connectivity index (χ2v) is 6.99. The van der Waals surface area contributed by atoms with Gasteiger partial charge in [-0.25, -0.2) is 0 Å². The van der Waals surface area contributed by atoms with Crippen LogP contribution in [-0.2, 0) is 9.59 Å². The van der Waals surface area contributed by atoms with Crippen LogP contribution in [0.1, 0.15) is 52.4 Å². The van der Waals surface area contributed by atoms with Gasteiger partial charge in [-0.2, -0.15) is 0 Å². The number of aliphatic carboxylic acids is 1. The first-order valence-corrected chi connectivity index (χ1v) is 7.89. The minimum atomic E-state index is -0.807. The summed E-state index contributed by atoms with van der Waals surface area (Å²) in [6.07, 6.45) is 5.83. The molecule has 0 heterocycles. The minimum absolute atomic E-state index is 0.0568. The van der Waals surface area contributed by atoms with Gasteiger partial charge in [-0.15, -0.1) is 0 Å². The molecule has 0 aromatic rings. The summed E-state index contributed by atoms with van der Waals surface area (Å²) in [5, 5.41) is 9.31. The first kappa shape index (κ1) is 15.3. The van der Waals surface area contributed by atoms with E-state index < -0.39 is 11.9 Å². The lowest BCUT2D eigenvalue weighted by Gasteiger charge is -2.35. The molecule has 2 aliphatic rings. The van der Waals surface area contributed by atoms with Crippen molar-refractivity contribution in [3.8, 4) is 0 Å². The van der Waals surface area contributed by atoms with Crippen molar-refractivity contribution < 1.29 is 14.7 Å². The molecule has 2 fully saturated rings. The smallest absolute Gasteiger partial charge is 0.307 e. The van der Waals surface area contributed by atoms with Crippen LogP contribution in [0.15, 0.2) is 0 Å². The Hall–Kier alpha value is -1.06. The van der Waals surface area contributed by atoms with Crippen molar-refractivity contribution in [2.24, 2.45) is 23.7 Å². The molecular formula is C16H27NO3. The maximum Gasteiger partial charge on any atom is 0.307 e. The third-order valence-electron chi connectivity index (χ3n) is 5.31. The number of nitrogens with zero attached hydrogens (tertiary/aromatic N) is 1. The molecule has 2 aliphatic carbocycles. The quantitative estimate of drug-likeness (QED) is 0.865. The van der Waals surface area contributed by atoms with Gasteiger partial charge in [0.1, 0.15) is 0 Å². The molecule has 1 unspecified atom stereocenters. The van der Waals surface area contributed by atoms with Crippen molar-refractivity contribution in [2.75, 3.05) is 7.05 Å². The van der Waals surface area contributed by atoms with E-state index in [0.717, 1.165) is 25.2 Å². The number of carbonyl (C=O) groups excluding carboxylic acids is 1. The molecule has 0 bridgehead atoms. The van der Waals surface area contributed by atoms with Gasteiger partial charge in [-0.3, -0.25) is 9.59 Å². The zero-order valence-electron chi connectivity index (χ0n) is 12.8. The Balaban J connectivity index is 2.00. The predicted molar refractivity (Wildman–Crippen MR) is 77.2 cm³/mol. The van der Waals surface area contributed by atoms with E-state index in [4.69, 9.17) is 0 Å². The molecule has 114 valence electrons. The molecular weight excluding hydrogens is 254 g/mol. The van der Waals surface area contributed by atoms with Gasteiger partial charge in [-0.1, -0.05) is 13.8 Å². The molecule has 2 rings (SSSR count). The van der Waals surface area contributed by atoms with Crippen LogP contribution >= 0.6 is 0 Å². The van der Waals surface area contributed by atoms with E-state index in [-0.39, 0.29) is 11.8 Å². The number of hydrogen-bond acceptors (Lipinski definition) is 2. The predicted octanol–water partition coefficient (Wildman–Crippen LogP) is 2.77. The molecule has 0 spiro atoms. The summed E-state index contributed by atoms with van der Waals surface area (Å²) in [6.45, 7) is 4.31. The maximum atomic E-state index is 12.6. The fraction of sp³-hybridized carbons (Fsp3) is 0.875. The standard InChI is InChI=1S/C16H27NO3/c1-10-4-6-12(7-5-10)17(3)15(18)13-8-11(2)9-14(13)16(19)20/h10-14H,4-9H2,1-3H3,(H,19,20)/t10?,11?,12?,13-,14+/m0/s1. The van der Waals surface area contributed by atoms with Crippen molar-refractivity contribution >= 4 is 11.9 Å². The number of hydrogen-bond donors (Lipinski definition) is 1. The van der Waals surface area contributed by atoms with Crippen molar-refractivity contribution in [1.29, 1.82) is 0 Å². The summed E-state index contributed by atoms with van der Waals surface area (Å²) in [4.78, 5) is 25.8. The molecule has 0 aliphatic heterocycles. The molecule has 0 saturated heterocycles. The molecule has 1 amide bonds. The zero-order valence-corrected chi connectivity index (χ0v) is 12.8. The molecule has 3 atom stereocenters. The van der Waals surface area contributed by atoms with E-state index in [1.807, 2.05) is 18.9 Å². The first-order chi connectivity index (χ1) is 9.40. The Bertz CT molecular complexity index is 374. The second kappa shape index (κ2) is 6.15. The third kappa shape index (κ3) is 3.15. The highest BCUT2D eigenvalue weighted by atomic mass is 16.4. The SMILES string of the molecule is CC1CCC(N(C)C(=O)[C@H]2CC(C)C[C@H]2C(=O)O)CC1. The first-order valence-electron chi connectivity index (χ1n) is 7.89. The Labute approximate surface area is 121 Å². The summed E-state index contributed by atoms with van der Waals surface area (Å²) in [5.41, 5.74) is 0. The number of carboxylic acid groups (broad SMARTS) is 1. The van der Waals surface area contributed by atoms with Gasteiger partial charge in [0, 0.05) is 13.1 Å². The number of carbonyl (C=O) groups is 2. The summed E-state index contributed by atoms with van der Waals surface area (Å²) in [6, 6.07) is 0.309. The highest BCUT2D eigenvalue weighted by Crippen LogP contribution is 2.38. The molecule has 2 saturated carbocycles. The lowest BCUT2D eigenvalue weighted by atomic mass is 9.85. The van der Waals surface area contributed by atoms with Crippen LogP contribution in [0.2, 0.25) is 0 Å². The Morgan fingerprint density at radius 1 is 0.950 bits per heavy atom. The normalized spacial score (nSPS) is 37.6. The third-order valence-corrected chi connectivity index (χ3v) is 5.31. The molecule has 20 heavy (non-hydrogen) atoms. The lowest BCUT2D eigenvalue weighted by Crippen LogP contribution is -2.44. The molecule has 0 aromatic carbocycles. The van der Waals surface area contributed by atoms with Crippen LogP contribution in [0.3, 0.4) is 0 Å². The minimum Gasteiger partial charge on any atom is -0.481 e. The number of rotatable bonds is 3. The molecule has 4 nitrogen and oxygen atoms in total. The average molecular weight is 281 g/mol. The van der Waals surface area contributed by atoms with E-state index in [1.54, 1.807) is 0 Å². The van der Waals surface area contributed by atoms with Gasteiger partial charge < -0.3 is 10.0 Å². The summed E-state index contributed by atoms with van der Waals surface area (Å²) < 4.78 is 0. The average Bonchev–Trinajstić information content (AvgIpc) is 2.80. The molecule has 4 heteroatoms. The number of amides is 1. The van der Waals surface area contributed by atoms with Crippen molar-refractivity contribution in [1.82, 2.24) is 4.90 Å². The Morgan fingerprint density at radius 2 is 1.50 bits per heavy atom. The second-order valence-electron chi connectivity index (χ2n) is 6.99. The monoisotopic (exact) mass is 281 g/mol. The van der Waals surface area contributed by atoms with Crippen LogP contribution in [0.25, 0.3) is 0 Å². The molecule has 0 aromatic heterocycles. The summed E-state index contributed by atoms with van der Waals surface area (Å²) in [7, 11) is 1.87. The Kier molecular flexibility index (Phi) is 4.71. The van der Waals surface area contributed by atoms with Crippen LogP contribution in [-0.4, -0.2) is 35.0 Å². The van der Waals surface area contributed by atoms with Crippen LogP contribution in [0, 0.1) is 23.7 Å². The summed E-state index contributed by atoms with van der Waals surface area (Å²) in [5.74, 6) is -0.452. The van der Waals surface area contributed by atoms with Gasteiger partial charge in [-0.05, 0) is 50.4 Å². The van der Waals surface area contributed by atoms with E-state index in [1.165, 1.54) is 12.8 Å². The van der Waals surface area contributed by atoms with E-state index >= 15 is 0 Å². The van der Waals surface area contributed by atoms with Crippen LogP contribution in [0.5, 0.6) is 0 Å². The van der Waals surface area contributed by atoms with Gasteiger partial charge in [0.15, 0.2) is 0 Å². The van der Waals surface area contributed by atoms with Crippen molar-refractivity contribution in [3.63, 3.8) is 0 Å². The molecule has 1 N–H and O–H groups in total. The Morgan fingerprint density at radius 3 is 2.05 bits per heavy atom. The van der Waals surface area contributed by atoms with E-state index in [0.29, 0.717) is 18.4 Å². The van der Waals surface area contributed by atoms with Gasteiger partial charge >= 0.3 is 5.97 Å². The van der Waals surface area contributed by atoms with Gasteiger partial charge in [0.2, 0.25) is 5.91 Å². The summed E-state index contributed by atoms with van der Waals surface area (Å²) >= 11 is 0. The van der Waals surface area contributed by atoms with Crippen molar-refractivity contribution in [3.05, 3.63) is 0 Å². The van der Waals surface area contributed by atoms with Crippen molar-refractivity contribution in [2.45, 2.75) is 58.4 Å². The van der Waals surface area contributed by atoms with Crippen LogP contribution in [0.4, 0.5) is 0 Å². The highest BCUT2D eigenvalue weighted by Gasteiger charge is 2.43. The lowest BCUT2D eigenvalue weighted by molar-refractivity contribution is -0.149. The fourth-order valence-electron chi connectivity index (χ4n) is 3.91. The van der Waals surface area contributed by atoms with E-state index in [2.05, 4.69) is 6.92 Å². The number of carboxylic acids is 1. The largest absolute Gasteiger partial charge is 0.481 e. The highest BCUT2D eigenvalue weighted by molar-refractivity contribution is 5.85. The van der Waals surface area contributed by atoms with Crippen LogP contribution < -0.4 is 0 Å². The van der Waals surface area contributed by atoms with Gasteiger partial charge in [0.05, 0.1) is 11.8 Å². The maximum absolute atomic E-state index is 12.6. The van der Waals surface area contributed by atoms with E-state index in [9.17, 15) is 14.7 Å². The zero-order chi connectivity index (χ0) is 14.9. The van der Waals surface area contributed by atoms with Gasteiger partial charge in [0.25, 0.3) is 0 Å². The fourth-order valence-corrected chi connectivity index (χ4v) is 3.91. The topological polar surface area (TPSA) is 57.6 Å².